The summed E-state index contributed by atoms with van der Waals surface area (Å²) in [5.41, 5.74) is 1.89. The van der Waals surface area contributed by atoms with Crippen molar-refractivity contribution in [2.24, 2.45) is 11.8 Å². The Hall–Kier alpha value is -2.70. The van der Waals surface area contributed by atoms with E-state index in [0.29, 0.717) is 24.8 Å². The number of pyridine rings is 1. The van der Waals surface area contributed by atoms with E-state index in [1.54, 1.807) is 28.0 Å². The molecule has 0 radical (unpaired) electrons. The van der Waals surface area contributed by atoms with E-state index in [1.165, 1.54) is 12.8 Å². The molecule has 1 saturated heterocycles. The van der Waals surface area contributed by atoms with Crippen LogP contribution in [0.2, 0.25) is 0 Å². The van der Waals surface area contributed by atoms with Crippen LogP contribution in [0.1, 0.15) is 37.7 Å². The summed E-state index contributed by atoms with van der Waals surface area (Å²) >= 11 is 0. The molecule has 0 aromatic carbocycles. The molecule has 2 aromatic heterocycles. The van der Waals surface area contributed by atoms with Gasteiger partial charge in [-0.25, -0.2) is 4.68 Å². The van der Waals surface area contributed by atoms with Gasteiger partial charge in [0.05, 0.1) is 11.9 Å². The van der Waals surface area contributed by atoms with Gasteiger partial charge in [-0.3, -0.25) is 14.6 Å². The van der Waals surface area contributed by atoms with Gasteiger partial charge in [0, 0.05) is 58.1 Å². The second-order valence-electron chi connectivity index (χ2n) is 8.45. The maximum atomic E-state index is 12.7. The number of nitrogens with zero attached hydrogens (tertiary/aromatic N) is 5. The maximum absolute atomic E-state index is 12.7. The summed E-state index contributed by atoms with van der Waals surface area (Å²) in [5, 5.41) is 4.38. The largest absolute Gasteiger partial charge is 0.370 e. The highest BCUT2D eigenvalue weighted by atomic mass is 16.2. The van der Waals surface area contributed by atoms with Crippen LogP contribution < -0.4 is 10.5 Å². The van der Waals surface area contributed by atoms with Crippen LogP contribution in [0.3, 0.4) is 0 Å². The van der Waals surface area contributed by atoms with E-state index >= 15 is 0 Å². The Bertz CT molecular complexity index is 894. The molecule has 4 rings (SSSR count). The summed E-state index contributed by atoms with van der Waals surface area (Å²) < 4.78 is 1.58. The van der Waals surface area contributed by atoms with E-state index in [1.807, 2.05) is 25.4 Å². The van der Waals surface area contributed by atoms with Crippen molar-refractivity contribution in [2.75, 3.05) is 25.0 Å². The normalized spacial score (nSPS) is 19.2. The lowest BCUT2D eigenvalue weighted by molar-refractivity contribution is -0.131. The van der Waals surface area contributed by atoms with E-state index in [-0.39, 0.29) is 11.5 Å². The number of anilines is 1. The molecule has 2 aliphatic rings. The topological polar surface area (TPSA) is 71.3 Å². The highest BCUT2D eigenvalue weighted by Gasteiger charge is 2.25. The van der Waals surface area contributed by atoms with Crippen LogP contribution in [0.5, 0.6) is 0 Å². The first-order chi connectivity index (χ1) is 14.1. The first kappa shape index (κ1) is 19.6. The van der Waals surface area contributed by atoms with Gasteiger partial charge in [-0.15, -0.1) is 0 Å². The summed E-state index contributed by atoms with van der Waals surface area (Å²) in [6.45, 7) is 3.01. The molecule has 1 atom stereocenters. The van der Waals surface area contributed by atoms with Crippen LogP contribution in [-0.4, -0.2) is 45.7 Å². The van der Waals surface area contributed by atoms with Crippen LogP contribution in [0.15, 0.2) is 41.6 Å². The van der Waals surface area contributed by atoms with E-state index in [2.05, 4.69) is 15.0 Å². The van der Waals surface area contributed by atoms with Crippen molar-refractivity contribution in [1.29, 1.82) is 0 Å². The summed E-state index contributed by atoms with van der Waals surface area (Å²) in [6.07, 6.45) is 10.3. The molecule has 0 bridgehead atoms. The number of hydrogen-bond donors (Lipinski definition) is 0. The van der Waals surface area contributed by atoms with Gasteiger partial charge in [0.2, 0.25) is 5.91 Å². The van der Waals surface area contributed by atoms with Crippen LogP contribution in [0, 0.1) is 11.8 Å². The van der Waals surface area contributed by atoms with E-state index in [4.69, 9.17) is 0 Å². The summed E-state index contributed by atoms with van der Waals surface area (Å²) in [5.74, 6) is 1.07. The van der Waals surface area contributed by atoms with Gasteiger partial charge in [0.15, 0.2) is 0 Å². The number of hydrogen-bond acceptors (Lipinski definition) is 5. The molecule has 7 heteroatoms. The lowest BCUT2D eigenvalue weighted by atomic mass is 9.94. The van der Waals surface area contributed by atoms with Gasteiger partial charge < -0.3 is 9.80 Å². The van der Waals surface area contributed by atoms with Crippen molar-refractivity contribution in [3.05, 3.63) is 52.7 Å². The molecule has 2 fully saturated rings. The van der Waals surface area contributed by atoms with Crippen molar-refractivity contribution in [1.82, 2.24) is 19.7 Å². The number of rotatable bonds is 7. The average Bonchev–Trinajstić information content (AvgIpc) is 3.54. The molecule has 1 aliphatic carbocycles. The maximum Gasteiger partial charge on any atom is 0.268 e. The molecule has 1 unspecified atom stereocenters. The Morgan fingerprint density at radius 2 is 2.10 bits per heavy atom. The van der Waals surface area contributed by atoms with Crippen molar-refractivity contribution in [3.8, 4) is 0 Å². The predicted molar refractivity (Wildman–Crippen MR) is 111 cm³/mol. The Morgan fingerprint density at radius 1 is 1.24 bits per heavy atom. The minimum absolute atomic E-state index is 0.0243. The lowest BCUT2D eigenvalue weighted by Gasteiger charge is -2.34. The fourth-order valence-electron chi connectivity index (χ4n) is 4.00. The molecule has 154 valence electrons. The van der Waals surface area contributed by atoms with Gasteiger partial charge in [0.1, 0.15) is 0 Å². The minimum atomic E-state index is -0.0243. The second kappa shape index (κ2) is 8.76. The number of aromatic nitrogens is 3. The van der Waals surface area contributed by atoms with Crippen LogP contribution in [0.25, 0.3) is 0 Å². The number of carbonyl (C=O) groups is 1. The summed E-state index contributed by atoms with van der Waals surface area (Å²) in [7, 11) is 1.85. The molecule has 2 aromatic rings. The average molecular weight is 396 g/mol. The molecule has 7 nitrogen and oxygen atoms in total. The third-order valence-corrected chi connectivity index (χ3v) is 5.90. The molecule has 1 aliphatic heterocycles. The highest BCUT2D eigenvalue weighted by molar-refractivity contribution is 5.76. The number of carbonyl (C=O) groups excluding carboxylic acids is 1. The number of piperidine rings is 1. The van der Waals surface area contributed by atoms with Gasteiger partial charge in [-0.1, -0.05) is 6.07 Å². The Balaban J connectivity index is 1.33. The molecule has 0 spiro atoms. The zero-order chi connectivity index (χ0) is 20.2. The molecular weight excluding hydrogens is 366 g/mol. The van der Waals surface area contributed by atoms with Crippen LogP contribution in [0.4, 0.5) is 5.69 Å². The highest BCUT2D eigenvalue weighted by Crippen LogP contribution is 2.30. The van der Waals surface area contributed by atoms with Gasteiger partial charge in [0.25, 0.3) is 5.56 Å². The van der Waals surface area contributed by atoms with E-state index in [0.717, 1.165) is 43.7 Å². The first-order valence-corrected chi connectivity index (χ1v) is 10.5. The monoisotopic (exact) mass is 395 g/mol. The Kier molecular flexibility index (Phi) is 5.92. The van der Waals surface area contributed by atoms with Crippen molar-refractivity contribution < 1.29 is 4.79 Å². The quantitative estimate of drug-likeness (QED) is 0.719. The molecule has 1 saturated carbocycles. The van der Waals surface area contributed by atoms with Crippen LogP contribution >= 0.6 is 0 Å². The fourth-order valence-corrected chi connectivity index (χ4v) is 4.00. The zero-order valence-corrected chi connectivity index (χ0v) is 17.0. The van der Waals surface area contributed by atoms with E-state index < -0.39 is 0 Å². The standard InChI is InChI=1S/C22H29N5O2/c1-25(14-19-4-2-8-23-12-19)21(28)10-18-5-3-9-26(15-18)20-11-22(29)27(24-13-20)16-17-6-7-17/h2,4,8,11-13,17-18H,3,5-7,9-10,14-16H2,1H3. The smallest absolute Gasteiger partial charge is 0.268 e. The van der Waals surface area contributed by atoms with Gasteiger partial charge in [-0.2, -0.15) is 5.10 Å². The molecule has 29 heavy (non-hydrogen) atoms. The van der Waals surface area contributed by atoms with Gasteiger partial charge in [-0.05, 0) is 49.1 Å². The van der Waals surface area contributed by atoms with Gasteiger partial charge >= 0.3 is 0 Å². The Morgan fingerprint density at radius 3 is 2.83 bits per heavy atom. The Labute approximate surface area is 171 Å². The predicted octanol–water partition coefficient (Wildman–Crippen LogP) is 2.31. The van der Waals surface area contributed by atoms with Crippen molar-refractivity contribution in [2.45, 2.75) is 45.2 Å². The van der Waals surface area contributed by atoms with E-state index in [9.17, 15) is 9.59 Å². The molecule has 3 heterocycles. The molecular formula is C22H29N5O2. The third-order valence-electron chi connectivity index (χ3n) is 5.90. The van der Waals surface area contributed by atoms with Crippen molar-refractivity contribution in [3.63, 3.8) is 0 Å². The summed E-state index contributed by atoms with van der Waals surface area (Å²) in [6, 6.07) is 5.57. The fraction of sp³-hybridized carbons (Fsp3) is 0.545. The second-order valence-corrected chi connectivity index (χ2v) is 8.45. The molecule has 1 amide bonds. The van der Waals surface area contributed by atoms with Crippen LogP contribution in [-0.2, 0) is 17.9 Å². The van der Waals surface area contributed by atoms with Crippen molar-refractivity contribution >= 4 is 11.6 Å². The third kappa shape index (κ3) is 5.22. The summed E-state index contributed by atoms with van der Waals surface area (Å²) in [4.78, 5) is 33.2. The lowest BCUT2D eigenvalue weighted by Crippen LogP contribution is -2.39. The SMILES string of the molecule is CN(Cc1cccnc1)C(=O)CC1CCCN(c2cnn(CC3CC3)c(=O)c2)C1. The minimum Gasteiger partial charge on any atom is -0.370 e. The molecule has 0 N–H and O–H groups in total. The number of amides is 1. The first-order valence-electron chi connectivity index (χ1n) is 10.5. The zero-order valence-electron chi connectivity index (χ0n) is 17.0.